The maximum atomic E-state index is 12.4. The summed E-state index contributed by atoms with van der Waals surface area (Å²) in [6.07, 6.45) is 0.948. The summed E-state index contributed by atoms with van der Waals surface area (Å²) in [6.45, 7) is 7.31. The van der Waals surface area contributed by atoms with Gasteiger partial charge < -0.3 is 10.2 Å². The van der Waals surface area contributed by atoms with Crippen LogP contribution >= 0.6 is 0 Å². The molecule has 0 bridgehead atoms. The van der Waals surface area contributed by atoms with Crippen LogP contribution in [-0.2, 0) is 0 Å². The minimum absolute atomic E-state index is 0.0503. The molecule has 1 atom stereocenters. The summed E-state index contributed by atoms with van der Waals surface area (Å²) < 4.78 is 0. The molecule has 5 nitrogen and oxygen atoms in total. The minimum Gasteiger partial charge on any atom is -0.352 e. The van der Waals surface area contributed by atoms with Crippen molar-refractivity contribution >= 4 is 5.91 Å². The predicted octanol–water partition coefficient (Wildman–Crippen LogP) is 2.98. The molecule has 0 unspecified atom stereocenters. The van der Waals surface area contributed by atoms with Crippen molar-refractivity contribution in [3.05, 3.63) is 59.7 Å². The van der Waals surface area contributed by atoms with Crippen molar-refractivity contribution in [3.63, 3.8) is 0 Å². The fourth-order valence-corrected chi connectivity index (χ4v) is 3.58. The lowest BCUT2D eigenvalue weighted by Gasteiger charge is -2.36. The molecule has 0 radical (unpaired) electrons. The predicted molar refractivity (Wildman–Crippen MR) is 112 cm³/mol. The number of rotatable bonds is 6. The Balaban J connectivity index is 1.52. The quantitative estimate of drug-likeness (QED) is 0.842. The summed E-state index contributed by atoms with van der Waals surface area (Å²) in [4.78, 5) is 17.3. The molecule has 2 aromatic carbocycles. The number of piperazine rings is 1. The van der Waals surface area contributed by atoms with E-state index in [4.69, 9.17) is 0 Å². The van der Waals surface area contributed by atoms with E-state index in [9.17, 15) is 10.1 Å². The lowest BCUT2D eigenvalue weighted by molar-refractivity contribution is 0.0935. The van der Waals surface area contributed by atoms with E-state index in [0.29, 0.717) is 23.7 Å². The first-order valence-corrected chi connectivity index (χ1v) is 9.89. The molecule has 2 aromatic rings. The van der Waals surface area contributed by atoms with E-state index < -0.39 is 0 Å². The second-order valence-corrected chi connectivity index (χ2v) is 7.47. The molecule has 0 saturated carbocycles. The van der Waals surface area contributed by atoms with Crippen molar-refractivity contribution in [2.75, 3.05) is 39.8 Å². The zero-order valence-electron chi connectivity index (χ0n) is 16.7. The molecular weight excluding hydrogens is 348 g/mol. The highest BCUT2D eigenvalue weighted by molar-refractivity contribution is 5.94. The van der Waals surface area contributed by atoms with E-state index >= 15 is 0 Å². The van der Waals surface area contributed by atoms with Crippen LogP contribution in [0.4, 0.5) is 0 Å². The standard InChI is InChI=1S/C23H28N4O/c1-18(27-15-13-26(2)14-16-27)11-12-25-23(28)20-9-7-19(8-10-20)22-6-4-3-5-21(22)17-24/h3-10,18H,11-16H2,1-2H3,(H,25,28)/t18-/m1/s1. The monoisotopic (exact) mass is 376 g/mol. The molecule has 1 aliphatic rings. The Kier molecular flexibility index (Phi) is 6.80. The largest absolute Gasteiger partial charge is 0.352 e. The molecule has 0 aromatic heterocycles. The molecule has 0 aliphatic carbocycles. The summed E-state index contributed by atoms with van der Waals surface area (Å²) in [5, 5.41) is 12.3. The van der Waals surface area contributed by atoms with Crippen LogP contribution in [0.25, 0.3) is 11.1 Å². The Morgan fingerprint density at radius 1 is 1.11 bits per heavy atom. The van der Waals surface area contributed by atoms with Crippen LogP contribution in [0.5, 0.6) is 0 Å². The summed E-state index contributed by atoms with van der Waals surface area (Å²) >= 11 is 0. The van der Waals surface area contributed by atoms with Crippen molar-refractivity contribution in [1.29, 1.82) is 5.26 Å². The average Bonchev–Trinajstić information content (AvgIpc) is 2.74. The number of nitrogens with one attached hydrogen (secondary N) is 1. The number of hydrogen-bond acceptors (Lipinski definition) is 4. The van der Waals surface area contributed by atoms with Gasteiger partial charge in [-0.2, -0.15) is 5.26 Å². The van der Waals surface area contributed by atoms with E-state index in [-0.39, 0.29) is 5.91 Å². The first kappa shape index (κ1) is 20.1. The number of nitriles is 1. The zero-order valence-corrected chi connectivity index (χ0v) is 16.7. The Bertz CT molecular complexity index is 832. The molecule has 1 saturated heterocycles. The van der Waals surface area contributed by atoms with E-state index in [1.807, 2.05) is 42.5 Å². The van der Waals surface area contributed by atoms with Crippen molar-refractivity contribution in [2.24, 2.45) is 0 Å². The van der Waals surface area contributed by atoms with Gasteiger partial charge in [0.1, 0.15) is 0 Å². The van der Waals surface area contributed by atoms with Crippen molar-refractivity contribution in [1.82, 2.24) is 15.1 Å². The van der Waals surface area contributed by atoms with Crippen molar-refractivity contribution in [2.45, 2.75) is 19.4 Å². The molecule has 5 heteroatoms. The maximum Gasteiger partial charge on any atom is 0.251 e. The summed E-state index contributed by atoms with van der Waals surface area (Å²) in [7, 11) is 2.16. The minimum atomic E-state index is -0.0503. The molecule has 1 aliphatic heterocycles. The first-order valence-electron chi connectivity index (χ1n) is 9.89. The summed E-state index contributed by atoms with van der Waals surface area (Å²) in [5.74, 6) is -0.0503. The highest BCUT2D eigenvalue weighted by Gasteiger charge is 2.19. The lowest BCUT2D eigenvalue weighted by Crippen LogP contribution is -2.48. The third-order valence-corrected chi connectivity index (χ3v) is 5.51. The highest BCUT2D eigenvalue weighted by Crippen LogP contribution is 2.23. The van der Waals surface area contributed by atoms with Gasteiger partial charge in [0.25, 0.3) is 5.91 Å². The Morgan fingerprint density at radius 3 is 2.46 bits per heavy atom. The van der Waals surface area contributed by atoms with E-state index in [1.165, 1.54) is 0 Å². The van der Waals surface area contributed by atoms with Gasteiger partial charge in [-0.05, 0) is 49.7 Å². The number of amides is 1. The topological polar surface area (TPSA) is 59.4 Å². The first-order chi connectivity index (χ1) is 13.6. The Morgan fingerprint density at radius 2 is 1.79 bits per heavy atom. The van der Waals surface area contributed by atoms with E-state index in [0.717, 1.165) is 43.7 Å². The van der Waals surface area contributed by atoms with Crippen LogP contribution in [0.2, 0.25) is 0 Å². The Labute approximate surface area is 167 Å². The second kappa shape index (κ2) is 9.50. The summed E-state index contributed by atoms with van der Waals surface area (Å²) in [6, 6.07) is 17.6. The number of benzene rings is 2. The smallest absolute Gasteiger partial charge is 0.251 e. The van der Waals surface area contributed by atoms with Gasteiger partial charge in [0, 0.05) is 44.3 Å². The molecular formula is C23H28N4O. The number of nitrogens with zero attached hydrogens (tertiary/aromatic N) is 3. The van der Waals surface area contributed by atoms with Gasteiger partial charge in [0.2, 0.25) is 0 Å². The van der Waals surface area contributed by atoms with Crippen LogP contribution in [0.3, 0.4) is 0 Å². The summed E-state index contributed by atoms with van der Waals surface area (Å²) in [5.41, 5.74) is 3.11. The fourth-order valence-electron chi connectivity index (χ4n) is 3.58. The van der Waals surface area contributed by atoms with Crippen LogP contribution in [0.1, 0.15) is 29.3 Å². The third-order valence-electron chi connectivity index (χ3n) is 5.51. The SMILES string of the molecule is C[C@H](CCNC(=O)c1ccc(-c2ccccc2C#N)cc1)N1CCN(C)CC1. The van der Waals surface area contributed by atoms with Gasteiger partial charge in [-0.15, -0.1) is 0 Å². The van der Waals surface area contributed by atoms with Gasteiger partial charge in [-0.3, -0.25) is 9.69 Å². The molecule has 1 amide bonds. The number of likely N-dealkylation sites (N-methyl/N-ethyl adjacent to an activating group) is 1. The van der Waals surface area contributed by atoms with E-state index in [1.54, 1.807) is 6.07 Å². The molecule has 1 fully saturated rings. The molecule has 0 spiro atoms. The van der Waals surface area contributed by atoms with Gasteiger partial charge >= 0.3 is 0 Å². The normalized spacial score (nSPS) is 16.3. The van der Waals surface area contributed by atoms with Gasteiger partial charge in [-0.1, -0.05) is 30.3 Å². The maximum absolute atomic E-state index is 12.4. The third kappa shape index (κ3) is 4.98. The van der Waals surface area contributed by atoms with Gasteiger partial charge in [0.05, 0.1) is 11.6 Å². The van der Waals surface area contributed by atoms with Crippen LogP contribution in [0.15, 0.2) is 48.5 Å². The van der Waals surface area contributed by atoms with Gasteiger partial charge in [-0.25, -0.2) is 0 Å². The molecule has 146 valence electrons. The Hall–Kier alpha value is -2.68. The second-order valence-electron chi connectivity index (χ2n) is 7.47. The molecule has 1 N–H and O–H groups in total. The number of carbonyl (C=O) groups excluding carboxylic acids is 1. The lowest BCUT2D eigenvalue weighted by atomic mass is 9.99. The van der Waals surface area contributed by atoms with Gasteiger partial charge in [0.15, 0.2) is 0 Å². The molecule has 3 rings (SSSR count). The van der Waals surface area contributed by atoms with E-state index in [2.05, 4.69) is 35.2 Å². The number of carbonyl (C=O) groups is 1. The van der Waals surface area contributed by atoms with Crippen molar-refractivity contribution in [3.8, 4) is 17.2 Å². The molecule has 1 heterocycles. The fraction of sp³-hybridized carbons (Fsp3) is 0.391. The van der Waals surface area contributed by atoms with Crippen LogP contribution < -0.4 is 5.32 Å². The molecule has 28 heavy (non-hydrogen) atoms. The van der Waals surface area contributed by atoms with Crippen molar-refractivity contribution < 1.29 is 4.79 Å². The van der Waals surface area contributed by atoms with Crippen LogP contribution in [0, 0.1) is 11.3 Å². The van der Waals surface area contributed by atoms with Crippen LogP contribution in [-0.4, -0.2) is 61.5 Å². The number of hydrogen-bond donors (Lipinski definition) is 1. The zero-order chi connectivity index (χ0) is 19.9. The average molecular weight is 377 g/mol. The highest BCUT2D eigenvalue weighted by atomic mass is 16.1.